The van der Waals surface area contributed by atoms with Crippen molar-refractivity contribution in [1.82, 2.24) is 25.3 Å². The van der Waals surface area contributed by atoms with Gasteiger partial charge in [-0.3, -0.25) is 0 Å². The number of thiocarbonyl (C=S) groups is 1. The molecule has 7 nitrogen and oxygen atoms in total. The molecule has 0 aliphatic carbocycles. The maximum absolute atomic E-state index is 5.38. The van der Waals surface area contributed by atoms with Gasteiger partial charge in [-0.15, -0.1) is 0 Å². The zero-order chi connectivity index (χ0) is 19.1. The first kappa shape index (κ1) is 19.8. The van der Waals surface area contributed by atoms with Crippen LogP contribution in [0, 0.1) is 5.92 Å². The van der Waals surface area contributed by atoms with E-state index in [4.69, 9.17) is 12.2 Å². The third-order valence-electron chi connectivity index (χ3n) is 4.00. The Bertz CT molecular complexity index is 749. The Morgan fingerprint density at radius 2 is 1.93 bits per heavy atom. The van der Waals surface area contributed by atoms with E-state index < -0.39 is 0 Å². The van der Waals surface area contributed by atoms with Crippen LogP contribution in [0.3, 0.4) is 0 Å². The minimum atomic E-state index is 0.498. The summed E-state index contributed by atoms with van der Waals surface area (Å²) < 4.78 is 0. The fourth-order valence-corrected chi connectivity index (χ4v) is 3.57. The molecule has 0 saturated carbocycles. The Balaban J connectivity index is 1.80. The monoisotopic (exact) mass is 403 g/mol. The highest BCUT2D eigenvalue weighted by Crippen LogP contribution is 2.28. The van der Waals surface area contributed by atoms with Crippen LogP contribution in [0.5, 0.6) is 0 Å². The fraction of sp³-hybridized carbons (Fsp3) is 0.500. The Labute approximate surface area is 169 Å². The molecule has 0 atom stereocenters. The summed E-state index contributed by atoms with van der Waals surface area (Å²) in [6, 6.07) is 3.80. The summed E-state index contributed by atoms with van der Waals surface area (Å²) in [5.74, 6) is 1.92. The lowest BCUT2D eigenvalue weighted by molar-refractivity contribution is 0.572. The van der Waals surface area contributed by atoms with Crippen LogP contribution in [-0.4, -0.2) is 44.7 Å². The summed E-state index contributed by atoms with van der Waals surface area (Å²) in [7, 11) is 0. The molecule has 2 N–H and O–H groups in total. The van der Waals surface area contributed by atoms with E-state index in [1.165, 1.54) is 31.0 Å². The summed E-state index contributed by atoms with van der Waals surface area (Å²) >= 11 is 6.80. The van der Waals surface area contributed by atoms with E-state index in [0.29, 0.717) is 22.1 Å². The van der Waals surface area contributed by atoms with E-state index in [1.807, 2.05) is 6.07 Å². The number of nitrogens with one attached hydrogen (secondary N) is 2. The van der Waals surface area contributed by atoms with Gasteiger partial charge in [0.15, 0.2) is 10.3 Å². The SMILES string of the molecule is CC(C)CNC(=S)Nc1nc(Sc2ncccn2)cc(N2CCCCC2)n1. The molecule has 3 heterocycles. The van der Waals surface area contributed by atoms with Gasteiger partial charge in [0.25, 0.3) is 0 Å². The average molecular weight is 404 g/mol. The van der Waals surface area contributed by atoms with Crippen LogP contribution in [-0.2, 0) is 0 Å². The van der Waals surface area contributed by atoms with E-state index in [1.54, 1.807) is 18.5 Å². The molecular weight excluding hydrogens is 378 g/mol. The van der Waals surface area contributed by atoms with Crippen molar-refractivity contribution in [2.24, 2.45) is 5.92 Å². The van der Waals surface area contributed by atoms with Gasteiger partial charge in [0, 0.05) is 38.1 Å². The molecule has 0 unspecified atom stereocenters. The number of aromatic nitrogens is 4. The molecule has 1 fully saturated rings. The normalized spacial score (nSPS) is 14.3. The maximum Gasteiger partial charge on any atom is 0.232 e. The van der Waals surface area contributed by atoms with E-state index >= 15 is 0 Å². The second kappa shape index (κ2) is 9.80. The van der Waals surface area contributed by atoms with Crippen LogP contribution in [0.1, 0.15) is 33.1 Å². The van der Waals surface area contributed by atoms with Crippen LogP contribution in [0.25, 0.3) is 0 Å². The van der Waals surface area contributed by atoms with Crippen molar-refractivity contribution in [1.29, 1.82) is 0 Å². The second-order valence-electron chi connectivity index (χ2n) is 6.80. The minimum Gasteiger partial charge on any atom is -0.362 e. The van der Waals surface area contributed by atoms with E-state index in [-0.39, 0.29) is 0 Å². The van der Waals surface area contributed by atoms with Gasteiger partial charge < -0.3 is 15.5 Å². The van der Waals surface area contributed by atoms with Crippen molar-refractivity contribution in [3.63, 3.8) is 0 Å². The minimum absolute atomic E-state index is 0.498. The first-order valence-electron chi connectivity index (χ1n) is 9.24. The van der Waals surface area contributed by atoms with Gasteiger partial charge >= 0.3 is 0 Å². The molecule has 0 aromatic carbocycles. The van der Waals surface area contributed by atoms with Crippen molar-refractivity contribution >= 4 is 40.9 Å². The predicted octanol–water partition coefficient (Wildman–Crippen LogP) is 3.35. The molecular formula is C18H25N7S2. The van der Waals surface area contributed by atoms with Crippen LogP contribution in [0.15, 0.2) is 34.7 Å². The first-order valence-corrected chi connectivity index (χ1v) is 10.5. The smallest absolute Gasteiger partial charge is 0.232 e. The van der Waals surface area contributed by atoms with E-state index in [9.17, 15) is 0 Å². The van der Waals surface area contributed by atoms with Crippen molar-refractivity contribution in [3.05, 3.63) is 24.5 Å². The lowest BCUT2D eigenvalue weighted by Crippen LogP contribution is -2.33. The summed E-state index contributed by atoms with van der Waals surface area (Å²) in [4.78, 5) is 20.1. The molecule has 0 radical (unpaired) electrons. The Hall–Kier alpha value is -2.00. The molecule has 3 rings (SSSR count). The third-order valence-corrected chi connectivity index (χ3v) is 5.06. The Morgan fingerprint density at radius 1 is 1.19 bits per heavy atom. The largest absolute Gasteiger partial charge is 0.362 e. The van der Waals surface area contributed by atoms with Crippen LogP contribution in [0.4, 0.5) is 11.8 Å². The molecule has 1 aliphatic rings. The highest BCUT2D eigenvalue weighted by atomic mass is 32.2. The molecule has 9 heteroatoms. The topological polar surface area (TPSA) is 78.9 Å². The average Bonchev–Trinajstić information content (AvgIpc) is 2.68. The Morgan fingerprint density at radius 3 is 2.63 bits per heavy atom. The summed E-state index contributed by atoms with van der Waals surface area (Å²) in [6.45, 7) is 7.10. The number of anilines is 2. The molecule has 1 aliphatic heterocycles. The molecule has 0 amide bonds. The maximum atomic E-state index is 5.38. The summed E-state index contributed by atoms with van der Waals surface area (Å²) in [5.41, 5.74) is 0. The van der Waals surface area contributed by atoms with Crippen LogP contribution >= 0.6 is 24.0 Å². The number of nitrogens with zero attached hydrogens (tertiary/aromatic N) is 5. The van der Waals surface area contributed by atoms with Gasteiger partial charge in [0.1, 0.15) is 10.8 Å². The van der Waals surface area contributed by atoms with Gasteiger partial charge in [-0.2, -0.15) is 4.98 Å². The molecule has 2 aromatic heterocycles. The van der Waals surface area contributed by atoms with Gasteiger partial charge in [-0.25, -0.2) is 15.0 Å². The van der Waals surface area contributed by atoms with Crippen LogP contribution in [0.2, 0.25) is 0 Å². The summed E-state index contributed by atoms with van der Waals surface area (Å²) in [6.07, 6.45) is 7.10. The number of rotatable bonds is 6. The second-order valence-corrected chi connectivity index (χ2v) is 8.19. The number of hydrogen-bond acceptors (Lipinski definition) is 7. The van der Waals surface area contributed by atoms with Crippen molar-refractivity contribution in [2.45, 2.75) is 43.3 Å². The molecule has 2 aromatic rings. The lowest BCUT2D eigenvalue weighted by Gasteiger charge is -2.28. The number of piperidine rings is 1. The Kier molecular flexibility index (Phi) is 7.17. The molecule has 27 heavy (non-hydrogen) atoms. The van der Waals surface area contributed by atoms with Crippen molar-refractivity contribution < 1.29 is 0 Å². The van der Waals surface area contributed by atoms with Crippen molar-refractivity contribution in [2.75, 3.05) is 29.9 Å². The zero-order valence-electron chi connectivity index (χ0n) is 15.7. The van der Waals surface area contributed by atoms with Gasteiger partial charge in [-0.1, -0.05) is 13.8 Å². The quantitative estimate of drug-likeness (QED) is 0.429. The third kappa shape index (κ3) is 6.28. The standard InChI is InChI=1S/C18H25N7S2/c1-13(2)12-21-17(26)24-16-22-14(25-9-4-3-5-10-25)11-15(23-16)27-18-19-7-6-8-20-18/h6-8,11,13H,3-5,9-10,12H2,1-2H3,(H2,21,22,23,24,26). The molecule has 144 valence electrons. The molecule has 0 bridgehead atoms. The van der Waals surface area contributed by atoms with Gasteiger partial charge in [0.2, 0.25) is 5.95 Å². The lowest BCUT2D eigenvalue weighted by atomic mass is 10.1. The zero-order valence-corrected chi connectivity index (χ0v) is 17.3. The number of hydrogen-bond donors (Lipinski definition) is 2. The van der Waals surface area contributed by atoms with Gasteiger partial charge in [-0.05, 0) is 55.2 Å². The van der Waals surface area contributed by atoms with Crippen LogP contribution < -0.4 is 15.5 Å². The molecule has 1 saturated heterocycles. The predicted molar refractivity (Wildman–Crippen MR) is 113 cm³/mol. The van der Waals surface area contributed by atoms with E-state index in [0.717, 1.165) is 30.5 Å². The van der Waals surface area contributed by atoms with E-state index in [2.05, 4.69) is 49.3 Å². The van der Waals surface area contributed by atoms with Gasteiger partial charge in [0.05, 0.1) is 0 Å². The first-order chi connectivity index (χ1) is 13.1. The van der Waals surface area contributed by atoms with Crippen molar-refractivity contribution in [3.8, 4) is 0 Å². The molecule has 0 spiro atoms. The highest BCUT2D eigenvalue weighted by Gasteiger charge is 2.16. The summed E-state index contributed by atoms with van der Waals surface area (Å²) in [5, 5.41) is 8.30. The fourth-order valence-electron chi connectivity index (χ4n) is 2.68. The highest BCUT2D eigenvalue weighted by molar-refractivity contribution is 7.99.